The summed E-state index contributed by atoms with van der Waals surface area (Å²) in [4.78, 5) is 12.6. The third-order valence-electron chi connectivity index (χ3n) is 2.53. The lowest BCUT2D eigenvalue weighted by molar-refractivity contribution is 0.0477. The highest BCUT2D eigenvalue weighted by Gasteiger charge is 2.13. The van der Waals surface area contributed by atoms with Gasteiger partial charge >= 0.3 is 5.97 Å². The summed E-state index contributed by atoms with van der Waals surface area (Å²) in [6.45, 7) is 2.37. The fraction of sp³-hybridized carbons (Fsp3) is 0.214. The monoisotopic (exact) mass is 246 g/mol. The van der Waals surface area contributed by atoms with Gasteiger partial charge in [0, 0.05) is 0 Å². The molecular formula is C14H14O2S. The lowest BCUT2D eigenvalue weighted by Crippen LogP contribution is -2.05. The van der Waals surface area contributed by atoms with E-state index < -0.39 is 0 Å². The highest BCUT2D eigenvalue weighted by atomic mass is 32.1. The quantitative estimate of drug-likeness (QED) is 0.769. The fourth-order valence-electron chi connectivity index (χ4n) is 1.58. The Balaban J connectivity index is 1.98. The van der Waals surface area contributed by atoms with Crippen molar-refractivity contribution in [3.05, 3.63) is 57.8 Å². The van der Waals surface area contributed by atoms with Crippen LogP contribution >= 0.6 is 11.3 Å². The molecule has 0 saturated heterocycles. The molecule has 1 heterocycles. The number of hydrogen-bond donors (Lipinski definition) is 0. The van der Waals surface area contributed by atoms with Gasteiger partial charge < -0.3 is 4.74 Å². The Morgan fingerprint density at radius 2 is 2.00 bits per heavy atom. The smallest absolute Gasteiger partial charge is 0.348 e. The molecule has 2 aromatic rings. The number of hydrogen-bond acceptors (Lipinski definition) is 3. The van der Waals surface area contributed by atoms with Crippen molar-refractivity contribution in [2.45, 2.75) is 20.0 Å². The first-order valence-corrected chi connectivity index (χ1v) is 6.46. The van der Waals surface area contributed by atoms with Crippen LogP contribution in [0.3, 0.4) is 0 Å². The van der Waals surface area contributed by atoms with Crippen LogP contribution in [0.25, 0.3) is 0 Å². The molecule has 0 aliphatic carbocycles. The SMILES string of the molecule is CCc1ccsc1C(=O)OCc1ccccc1. The molecular weight excluding hydrogens is 232 g/mol. The minimum atomic E-state index is -0.222. The molecule has 0 amide bonds. The molecule has 0 unspecified atom stereocenters. The molecule has 1 aromatic carbocycles. The molecule has 17 heavy (non-hydrogen) atoms. The second-order valence-electron chi connectivity index (χ2n) is 3.69. The van der Waals surface area contributed by atoms with Crippen LogP contribution in [0.5, 0.6) is 0 Å². The lowest BCUT2D eigenvalue weighted by Gasteiger charge is -2.04. The first-order valence-electron chi connectivity index (χ1n) is 5.58. The summed E-state index contributed by atoms with van der Waals surface area (Å²) in [6, 6.07) is 11.7. The Bertz CT molecular complexity index is 488. The van der Waals surface area contributed by atoms with Gasteiger partial charge in [0.15, 0.2) is 0 Å². The van der Waals surface area contributed by atoms with Crippen LogP contribution in [0.1, 0.15) is 27.7 Å². The summed E-state index contributed by atoms with van der Waals surface area (Å²) in [5.74, 6) is -0.222. The van der Waals surface area contributed by atoms with Crippen molar-refractivity contribution in [1.82, 2.24) is 0 Å². The fourth-order valence-corrected chi connectivity index (χ4v) is 2.47. The number of thiophene rings is 1. The summed E-state index contributed by atoms with van der Waals surface area (Å²) in [5.41, 5.74) is 2.07. The van der Waals surface area contributed by atoms with Crippen LogP contribution in [-0.4, -0.2) is 5.97 Å². The standard InChI is InChI=1S/C14H14O2S/c1-2-12-8-9-17-13(12)14(15)16-10-11-6-4-3-5-7-11/h3-9H,2,10H2,1H3. The predicted molar refractivity (Wildman–Crippen MR) is 69.3 cm³/mol. The first-order chi connectivity index (χ1) is 8.31. The number of esters is 1. The van der Waals surface area contributed by atoms with Crippen LogP contribution in [0.15, 0.2) is 41.8 Å². The molecule has 2 rings (SSSR count). The minimum Gasteiger partial charge on any atom is -0.457 e. The Morgan fingerprint density at radius 1 is 1.24 bits per heavy atom. The molecule has 2 nitrogen and oxygen atoms in total. The van der Waals surface area contributed by atoms with Crippen LogP contribution < -0.4 is 0 Å². The van der Waals surface area contributed by atoms with E-state index in [0.29, 0.717) is 6.61 Å². The van der Waals surface area contributed by atoms with Gasteiger partial charge in [0.2, 0.25) is 0 Å². The topological polar surface area (TPSA) is 26.3 Å². The summed E-state index contributed by atoms with van der Waals surface area (Å²) < 4.78 is 5.29. The van der Waals surface area contributed by atoms with E-state index in [1.165, 1.54) is 11.3 Å². The molecule has 0 radical (unpaired) electrons. The van der Waals surface area contributed by atoms with E-state index in [4.69, 9.17) is 4.74 Å². The zero-order valence-corrected chi connectivity index (χ0v) is 10.5. The summed E-state index contributed by atoms with van der Waals surface area (Å²) in [7, 11) is 0. The van der Waals surface area contributed by atoms with Crippen molar-refractivity contribution in [1.29, 1.82) is 0 Å². The number of aryl methyl sites for hydroxylation is 1. The van der Waals surface area contributed by atoms with Gasteiger partial charge in [-0.3, -0.25) is 0 Å². The third kappa shape index (κ3) is 2.94. The zero-order chi connectivity index (χ0) is 12.1. The number of carbonyl (C=O) groups is 1. The van der Waals surface area contributed by atoms with Gasteiger partial charge in [-0.25, -0.2) is 4.79 Å². The van der Waals surface area contributed by atoms with Gasteiger partial charge in [0.05, 0.1) is 0 Å². The Morgan fingerprint density at radius 3 is 2.71 bits per heavy atom. The van der Waals surface area contributed by atoms with Crippen molar-refractivity contribution in [2.75, 3.05) is 0 Å². The van der Waals surface area contributed by atoms with E-state index >= 15 is 0 Å². The van der Waals surface area contributed by atoms with Crippen LogP contribution in [0, 0.1) is 0 Å². The van der Waals surface area contributed by atoms with E-state index in [9.17, 15) is 4.79 Å². The second kappa shape index (κ2) is 5.64. The molecule has 0 saturated carbocycles. The number of rotatable bonds is 4. The number of carbonyl (C=O) groups excluding carboxylic acids is 1. The van der Waals surface area contributed by atoms with Gasteiger partial charge in [-0.15, -0.1) is 11.3 Å². The van der Waals surface area contributed by atoms with Gasteiger partial charge in [-0.2, -0.15) is 0 Å². The Kier molecular flexibility index (Phi) is 3.94. The maximum absolute atomic E-state index is 11.8. The highest BCUT2D eigenvalue weighted by molar-refractivity contribution is 7.12. The van der Waals surface area contributed by atoms with Crippen LogP contribution in [-0.2, 0) is 17.8 Å². The summed E-state index contributed by atoms with van der Waals surface area (Å²) >= 11 is 1.44. The average Bonchev–Trinajstić information content (AvgIpc) is 2.85. The molecule has 1 aromatic heterocycles. The molecule has 3 heteroatoms. The van der Waals surface area contributed by atoms with Crippen molar-refractivity contribution in [2.24, 2.45) is 0 Å². The molecule has 0 aliphatic rings. The van der Waals surface area contributed by atoms with Gasteiger partial charge in [-0.05, 0) is 29.0 Å². The maximum Gasteiger partial charge on any atom is 0.348 e. The summed E-state index contributed by atoms with van der Waals surface area (Å²) in [6.07, 6.45) is 0.860. The van der Waals surface area contributed by atoms with Crippen molar-refractivity contribution >= 4 is 17.3 Å². The molecule has 0 bridgehead atoms. The molecule has 0 spiro atoms. The molecule has 0 fully saturated rings. The van der Waals surface area contributed by atoms with Crippen LogP contribution in [0.4, 0.5) is 0 Å². The third-order valence-corrected chi connectivity index (χ3v) is 3.46. The minimum absolute atomic E-state index is 0.222. The predicted octanol–water partition coefficient (Wildman–Crippen LogP) is 3.67. The number of ether oxygens (including phenoxy) is 1. The van der Waals surface area contributed by atoms with Crippen molar-refractivity contribution in [3.8, 4) is 0 Å². The van der Waals surface area contributed by atoms with Crippen molar-refractivity contribution < 1.29 is 9.53 Å². The lowest BCUT2D eigenvalue weighted by atomic mass is 10.2. The van der Waals surface area contributed by atoms with Crippen molar-refractivity contribution in [3.63, 3.8) is 0 Å². The van der Waals surface area contributed by atoms with Gasteiger partial charge in [-0.1, -0.05) is 37.3 Å². The van der Waals surface area contributed by atoms with Crippen LogP contribution in [0.2, 0.25) is 0 Å². The van der Waals surface area contributed by atoms with E-state index in [-0.39, 0.29) is 5.97 Å². The molecule has 0 atom stereocenters. The maximum atomic E-state index is 11.8. The van der Waals surface area contributed by atoms with E-state index in [2.05, 4.69) is 0 Å². The molecule has 0 N–H and O–H groups in total. The molecule has 0 aliphatic heterocycles. The van der Waals surface area contributed by atoms with Gasteiger partial charge in [0.1, 0.15) is 11.5 Å². The molecule has 88 valence electrons. The van der Waals surface area contributed by atoms with E-state index in [1.54, 1.807) is 0 Å². The normalized spacial score (nSPS) is 10.2. The highest BCUT2D eigenvalue weighted by Crippen LogP contribution is 2.19. The van der Waals surface area contributed by atoms with Gasteiger partial charge in [0.25, 0.3) is 0 Å². The second-order valence-corrected chi connectivity index (χ2v) is 4.61. The zero-order valence-electron chi connectivity index (χ0n) is 9.68. The Labute approximate surface area is 105 Å². The van der Waals surface area contributed by atoms with E-state index in [1.807, 2.05) is 48.7 Å². The summed E-state index contributed by atoms with van der Waals surface area (Å²) in [5, 5.41) is 1.93. The average molecular weight is 246 g/mol. The number of benzene rings is 1. The Hall–Kier alpha value is -1.61. The largest absolute Gasteiger partial charge is 0.457 e. The van der Waals surface area contributed by atoms with E-state index in [0.717, 1.165) is 22.4 Å². The first kappa shape index (κ1) is 11.9.